The fourth-order valence-electron chi connectivity index (χ4n) is 3.63. The zero-order valence-electron chi connectivity index (χ0n) is 15.0. The molecule has 0 bridgehead atoms. The van der Waals surface area contributed by atoms with Crippen LogP contribution in [0.2, 0.25) is 0 Å². The van der Waals surface area contributed by atoms with Crippen molar-refractivity contribution in [1.82, 2.24) is 29.4 Å². The minimum Gasteiger partial charge on any atom is -0.345 e. The quantitative estimate of drug-likeness (QED) is 0.721. The van der Waals surface area contributed by atoms with E-state index < -0.39 is 0 Å². The summed E-state index contributed by atoms with van der Waals surface area (Å²) >= 11 is 0. The first-order chi connectivity index (χ1) is 12.6. The smallest absolute Gasteiger partial charge is 0.258 e. The van der Waals surface area contributed by atoms with Crippen molar-refractivity contribution in [2.24, 2.45) is 0 Å². The predicted molar refractivity (Wildman–Crippen MR) is 97.6 cm³/mol. The minimum atomic E-state index is -0.0803. The molecule has 1 aliphatic heterocycles. The summed E-state index contributed by atoms with van der Waals surface area (Å²) in [5.74, 6) is -0.0803. The largest absolute Gasteiger partial charge is 0.345 e. The van der Waals surface area contributed by atoms with Crippen molar-refractivity contribution in [3.05, 3.63) is 59.8 Å². The number of fused-ring (bicyclic) bond motifs is 1. The second kappa shape index (κ2) is 6.84. The second-order valence-corrected chi connectivity index (χ2v) is 6.85. The van der Waals surface area contributed by atoms with Gasteiger partial charge in [0.2, 0.25) is 0 Å². The summed E-state index contributed by atoms with van der Waals surface area (Å²) < 4.78 is 1.82. The lowest BCUT2D eigenvalue weighted by Gasteiger charge is -2.25. The van der Waals surface area contributed by atoms with Gasteiger partial charge in [-0.15, -0.1) is 0 Å². The van der Waals surface area contributed by atoms with Crippen molar-refractivity contribution < 1.29 is 4.79 Å². The van der Waals surface area contributed by atoms with Crippen molar-refractivity contribution in [3.63, 3.8) is 0 Å². The lowest BCUT2D eigenvalue weighted by Crippen LogP contribution is -2.25. The maximum Gasteiger partial charge on any atom is 0.258 e. The van der Waals surface area contributed by atoms with Crippen molar-refractivity contribution in [3.8, 4) is 0 Å². The van der Waals surface area contributed by atoms with E-state index in [9.17, 15) is 4.79 Å². The summed E-state index contributed by atoms with van der Waals surface area (Å²) in [5, 5.41) is 4.48. The van der Waals surface area contributed by atoms with Crippen LogP contribution in [0.25, 0.3) is 5.65 Å². The van der Waals surface area contributed by atoms with E-state index in [1.807, 2.05) is 22.8 Å². The maximum absolute atomic E-state index is 12.4. The topological polar surface area (TPSA) is 66.6 Å². The average molecular weight is 350 g/mol. The van der Waals surface area contributed by atoms with Gasteiger partial charge >= 0.3 is 0 Å². The Morgan fingerprint density at radius 3 is 2.92 bits per heavy atom. The molecule has 3 aromatic rings. The molecule has 1 fully saturated rings. The highest BCUT2D eigenvalue weighted by Gasteiger charge is 2.29. The van der Waals surface area contributed by atoms with Gasteiger partial charge in [0, 0.05) is 39.2 Å². The Kier molecular flexibility index (Phi) is 4.38. The number of amides is 1. The van der Waals surface area contributed by atoms with Crippen LogP contribution in [0.1, 0.15) is 40.5 Å². The van der Waals surface area contributed by atoms with E-state index in [-0.39, 0.29) is 11.9 Å². The highest BCUT2D eigenvalue weighted by Crippen LogP contribution is 2.33. The van der Waals surface area contributed by atoms with Crippen LogP contribution < -0.4 is 0 Å². The molecule has 0 aliphatic carbocycles. The Balaban J connectivity index is 1.68. The molecule has 4 heterocycles. The van der Waals surface area contributed by atoms with E-state index in [2.05, 4.69) is 26.0 Å². The summed E-state index contributed by atoms with van der Waals surface area (Å²) in [4.78, 5) is 25.0. The molecule has 4 rings (SSSR count). The number of carbonyl (C=O) groups excluding carboxylic acids is 1. The van der Waals surface area contributed by atoms with Gasteiger partial charge in [0.25, 0.3) is 5.91 Å². The van der Waals surface area contributed by atoms with Gasteiger partial charge in [0.15, 0.2) is 5.65 Å². The van der Waals surface area contributed by atoms with E-state index in [0.717, 1.165) is 31.6 Å². The molecule has 7 heteroatoms. The lowest BCUT2D eigenvalue weighted by atomic mass is 10.1. The van der Waals surface area contributed by atoms with Gasteiger partial charge in [-0.25, -0.2) is 9.50 Å². The third-order valence-electron chi connectivity index (χ3n) is 4.88. The number of likely N-dealkylation sites (tertiary alicyclic amines) is 1. The predicted octanol–water partition coefficient (Wildman–Crippen LogP) is 2.16. The third-order valence-corrected chi connectivity index (χ3v) is 4.88. The molecule has 7 nitrogen and oxygen atoms in total. The van der Waals surface area contributed by atoms with Crippen molar-refractivity contribution in [2.45, 2.75) is 25.4 Å². The van der Waals surface area contributed by atoms with Gasteiger partial charge in [-0.3, -0.25) is 14.7 Å². The summed E-state index contributed by atoms with van der Waals surface area (Å²) in [6, 6.07) is 6.34. The fourth-order valence-corrected chi connectivity index (χ4v) is 3.63. The van der Waals surface area contributed by atoms with Crippen LogP contribution in [0.15, 0.2) is 43.0 Å². The first-order valence-corrected chi connectivity index (χ1v) is 8.82. The van der Waals surface area contributed by atoms with Crippen LogP contribution in [-0.4, -0.2) is 55.9 Å². The highest BCUT2D eigenvalue weighted by atomic mass is 16.2. The van der Waals surface area contributed by atoms with Crippen LogP contribution in [-0.2, 0) is 6.54 Å². The monoisotopic (exact) mass is 350 g/mol. The highest BCUT2D eigenvalue weighted by molar-refractivity contribution is 5.99. The normalized spacial score (nSPS) is 17.7. The van der Waals surface area contributed by atoms with Gasteiger partial charge < -0.3 is 4.90 Å². The number of nitrogens with zero attached hydrogens (tertiary/aromatic N) is 6. The summed E-state index contributed by atoms with van der Waals surface area (Å²) in [7, 11) is 3.48. The van der Waals surface area contributed by atoms with Crippen LogP contribution >= 0.6 is 0 Å². The first kappa shape index (κ1) is 16.7. The number of hydrogen-bond acceptors (Lipinski definition) is 5. The maximum atomic E-state index is 12.4. The zero-order chi connectivity index (χ0) is 18.1. The number of carbonyl (C=O) groups is 1. The molecular formula is C19H22N6O. The van der Waals surface area contributed by atoms with Crippen LogP contribution in [0.4, 0.5) is 0 Å². The molecule has 0 aromatic carbocycles. The molecule has 1 saturated heterocycles. The van der Waals surface area contributed by atoms with Gasteiger partial charge in [0.1, 0.15) is 5.56 Å². The Morgan fingerprint density at radius 1 is 1.27 bits per heavy atom. The molecule has 0 saturated carbocycles. The number of hydrogen-bond donors (Lipinski definition) is 0. The average Bonchev–Trinajstić information content (AvgIpc) is 3.28. The Labute approximate surface area is 152 Å². The molecule has 1 amide bonds. The standard InChI is InChI=1S/C19H22N6O/c1-23(2)19(26)15-12-22-25-17(7-9-21-18(15)25)16-6-4-10-24(16)13-14-5-3-8-20-11-14/h3,5,7-9,11-12,16H,4,6,10,13H2,1-2H3/t16-/m0/s1. The third kappa shape index (κ3) is 2.94. The van der Waals surface area contributed by atoms with E-state index in [0.29, 0.717) is 11.2 Å². The molecule has 1 atom stereocenters. The Morgan fingerprint density at radius 2 is 2.15 bits per heavy atom. The summed E-state index contributed by atoms with van der Waals surface area (Å²) in [6.07, 6.45) is 9.31. The van der Waals surface area contributed by atoms with E-state index in [4.69, 9.17) is 0 Å². The molecule has 0 spiro atoms. The van der Waals surface area contributed by atoms with Crippen LogP contribution in [0, 0.1) is 0 Å². The molecule has 3 aromatic heterocycles. The van der Waals surface area contributed by atoms with Crippen molar-refractivity contribution in [2.75, 3.05) is 20.6 Å². The second-order valence-electron chi connectivity index (χ2n) is 6.85. The van der Waals surface area contributed by atoms with Gasteiger partial charge in [0.05, 0.1) is 17.9 Å². The van der Waals surface area contributed by atoms with Gasteiger partial charge in [-0.05, 0) is 37.1 Å². The zero-order valence-corrected chi connectivity index (χ0v) is 15.0. The van der Waals surface area contributed by atoms with Gasteiger partial charge in [-0.2, -0.15) is 5.10 Å². The summed E-state index contributed by atoms with van der Waals surface area (Å²) in [5.41, 5.74) is 3.44. The van der Waals surface area contributed by atoms with Crippen molar-refractivity contribution in [1.29, 1.82) is 0 Å². The van der Waals surface area contributed by atoms with Crippen molar-refractivity contribution >= 4 is 11.6 Å². The molecule has 26 heavy (non-hydrogen) atoms. The van der Waals surface area contributed by atoms with E-state index >= 15 is 0 Å². The van der Waals surface area contributed by atoms with Crippen LogP contribution in [0.3, 0.4) is 0 Å². The van der Waals surface area contributed by atoms with Gasteiger partial charge in [-0.1, -0.05) is 6.07 Å². The van der Waals surface area contributed by atoms with Crippen LogP contribution in [0.5, 0.6) is 0 Å². The summed E-state index contributed by atoms with van der Waals surface area (Å²) in [6.45, 7) is 1.89. The molecule has 1 aliphatic rings. The Bertz CT molecular complexity index is 920. The SMILES string of the molecule is CN(C)C(=O)c1cnn2c([C@@H]3CCCN3Cc3cccnc3)ccnc12. The minimum absolute atomic E-state index is 0.0803. The van der Waals surface area contributed by atoms with E-state index in [1.54, 1.807) is 37.6 Å². The number of rotatable bonds is 4. The molecular weight excluding hydrogens is 328 g/mol. The Hall–Kier alpha value is -2.80. The molecule has 0 N–H and O–H groups in total. The number of aromatic nitrogens is 4. The molecule has 134 valence electrons. The first-order valence-electron chi connectivity index (χ1n) is 8.82. The molecule has 0 unspecified atom stereocenters. The molecule has 0 radical (unpaired) electrons. The number of pyridine rings is 1. The lowest BCUT2D eigenvalue weighted by molar-refractivity contribution is 0.0829. The fraction of sp³-hybridized carbons (Fsp3) is 0.368. The van der Waals surface area contributed by atoms with E-state index in [1.165, 1.54) is 5.56 Å².